The minimum Gasteiger partial charge on any atom is -0.505 e. The third-order valence-electron chi connectivity index (χ3n) is 2.67. The van der Waals surface area contributed by atoms with Crippen molar-refractivity contribution in [2.45, 2.75) is 6.42 Å². The number of rotatable bonds is 4. The van der Waals surface area contributed by atoms with Gasteiger partial charge in [-0.3, -0.25) is 4.79 Å². The van der Waals surface area contributed by atoms with Crippen LogP contribution in [0.25, 0.3) is 0 Å². The summed E-state index contributed by atoms with van der Waals surface area (Å²) in [4.78, 5) is 24.3. The van der Waals surface area contributed by atoms with Crippen molar-refractivity contribution >= 4 is 17.5 Å². The molecule has 2 N–H and O–H groups in total. The molecule has 2 aromatic heterocycles. The zero-order valence-corrected chi connectivity index (χ0v) is 11.1. The Bertz CT molecular complexity index is 571. The maximum absolute atomic E-state index is 12.1. The van der Waals surface area contributed by atoms with Gasteiger partial charge in [-0.25, -0.2) is 9.97 Å². The van der Waals surface area contributed by atoms with Gasteiger partial charge in [0.25, 0.3) is 5.91 Å². The van der Waals surface area contributed by atoms with E-state index in [0.717, 1.165) is 5.69 Å². The Labute approximate surface area is 115 Å². The number of likely N-dealkylation sites (N-methyl/N-ethyl adjacent to an activating group) is 1. The quantitative estimate of drug-likeness (QED) is 0.831. The molecule has 0 spiro atoms. The normalized spacial score (nSPS) is 10.4. The number of aromatic amines is 1. The second-order valence-electron chi connectivity index (χ2n) is 4.06. The van der Waals surface area contributed by atoms with E-state index in [1.54, 1.807) is 19.6 Å². The molecular formula is C12H13ClN4O2. The van der Waals surface area contributed by atoms with Crippen LogP contribution in [0.4, 0.5) is 0 Å². The number of imidazole rings is 1. The van der Waals surface area contributed by atoms with Crippen molar-refractivity contribution in [1.82, 2.24) is 19.9 Å². The summed E-state index contributed by atoms with van der Waals surface area (Å²) in [6.07, 6.45) is 3.99. The molecule has 0 saturated heterocycles. The van der Waals surface area contributed by atoms with Crippen LogP contribution in [0, 0.1) is 0 Å². The molecule has 0 bridgehead atoms. The highest BCUT2D eigenvalue weighted by Crippen LogP contribution is 2.20. The van der Waals surface area contributed by atoms with Crippen LogP contribution in [-0.2, 0) is 6.42 Å². The fraction of sp³-hybridized carbons (Fsp3) is 0.250. The summed E-state index contributed by atoms with van der Waals surface area (Å²) >= 11 is 5.68. The molecule has 2 heterocycles. The third-order valence-corrected chi connectivity index (χ3v) is 2.94. The van der Waals surface area contributed by atoms with Crippen molar-refractivity contribution in [2.75, 3.05) is 13.6 Å². The molecule has 1 amide bonds. The number of carbonyl (C=O) groups is 1. The Balaban J connectivity index is 2.00. The summed E-state index contributed by atoms with van der Waals surface area (Å²) in [5.41, 5.74) is 1.16. The zero-order chi connectivity index (χ0) is 13.8. The average Bonchev–Trinajstić information content (AvgIpc) is 2.91. The van der Waals surface area contributed by atoms with E-state index < -0.39 is 0 Å². The number of amides is 1. The van der Waals surface area contributed by atoms with Gasteiger partial charge in [-0.1, -0.05) is 11.6 Å². The first-order valence-electron chi connectivity index (χ1n) is 5.66. The van der Waals surface area contributed by atoms with Crippen LogP contribution >= 0.6 is 11.6 Å². The number of carbonyl (C=O) groups excluding carboxylic acids is 1. The fourth-order valence-electron chi connectivity index (χ4n) is 1.55. The standard InChI is InChI=1S/C12H13ClN4O2/c1-17(5-4-8-6-14-7-15-8)12(19)9-2-3-10(18)11(13)16-9/h2-3,6-7,18H,4-5H2,1H3,(H,14,15). The van der Waals surface area contributed by atoms with Crippen molar-refractivity contribution in [1.29, 1.82) is 0 Å². The van der Waals surface area contributed by atoms with E-state index in [1.807, 2.05) is 0 Å². The molecule has 0 aromatic carbocycles. The van der Waals surface area contributed by atoms with Gasteiger partial charge in [0, 0.05) is 31.9 Å². The van der Waals surface area contributed by atoms with Crippen LogP contribution < -0.4 is 0 Å². The Morgan fingerprint density at radius 1 is 1.53 bits per heavy atom. The van der Waals surface area contributed by atoms with Gasteiger partial charge >= 0.3 is 0 Å². The molecule has 0 fully saturated rings. The second kappa shape index (κ2) is 5.71. The maximum atomic E-state index is 12.1. The van der Waals surface area contributed by atoms with Gasteiger partial charge in [0.05, 0.1) is 6.33 Å². The number of aromatic nitrogens is 3. The van der Waals surface area contributed by atoms with E-state index >= 15 is 0 Å². The van der Waals surface area contributed by atoms with Crippen LogP contribution in [0.5, 0.6) is 5.75 Å². The number of hydrogen-bond donors (Lipinski definition) is 2. The minimum absolute atomic E-state index is 0.0761. The first kappa shape index (κ1) is 13.4. The molecule has 0 unspecified atom stereocenters. The van der Waals surface area contributed by atoms with Crippen molar-refractivity contribution < 1.29 is 9.90 Å². The van der Waals surface area contributed by atoms with Crippen molar-refractivity contribution in [3.8, 4) is 5.75 Å². The third kappa shape index (κ3) is 3.23. The molecule has 0 saturated carbocycles. The highest BCUT2D eigenvalue weighted by molar-refractivity contribution is 6.30. The lowest BCUT2D eigenvalue weighted by atomic mass is 10.2. The molecule has 0 radical (unpaired) electrons. The highest BCUT2D eigenvalue weighted by Gasteiger charge is 2.14. The Morgan fingerprint density at radius 2 is 2.32 bits per heavy atom. The summed E-state index contributed by atoms with van der Waals surface area (Å²) < 4.78 is 0. The van der Waals surface area contributed by atoms with E-state index in [2.05, 4.69) is 15.0 Å². The largest absolute Gasteiger partial charge is 0.505 e. The summed E-state index contributed by atoms with van der Waals surface area (Å²) in [7, 11) is 1.68. The molecule has 19 heavy (non-hydrogen) atoms. The van der Waals surface area contributed by atoms with Gasteiger partial charge in [0.1, 0.15) is 5.69 Å². The van der Waals surface area contributed by atoms with Crippen LogP contribution in [-0.4, -0.2) is 44.5 Å². The Hall–Kier alpha value is -2.08. The molecular weight excluding hydrogens is 268 g/mol. The van der Waals surface area contributed by atoms with Crippen molar-refractivity contribution in [3.05, 3.63) is 41.2 Å². The second-order valence-corrected chi connectivity index (χ2v) is 4.42. The number of aromatic hydroxyl groups is 1. The Kier molecular flexibility index (Phi) is 4.01. The summed E-state index contributed by atoms with van der Waals surface area (Å²) in [6.45, 7) is 0.529. The monoisotopic (exact) mass is 280 g/mol. The predicted molar refractivity (Wildman–Crippen MR) is 70.2 cm³/mol. The van der Waals surface area contributed by atoms with E-state index in [1.165, 1.54) is 17.0 Å². The molecule has 0 aliphatic carbocycles. The van der Waals surface area contributed by atoms with E-state index in [-0.39, 0.29) is 22.5 Å². The zero-order valence-electron chi connectivity index (χ0n) is 10.3. The molecule has 0 atom stereocenters. The van der Waals surface area contributed by atoms with Crippen LogP contribution in [0.3, 0.4) is 0 Å². The lowest BCUT2D eigenvalue weighted by molar-refractivity contribution is 0.0790. The van der Waals surface area contributed by atoms with Crippen LogP contribution in [0.15, 0.2) is 24.7 Å². The van der Waals surface area contributed by atoms with Gasteiger partial charge in [-0.2, -0.15) is 0 Å². The maximum Gasteiger partial charge on any atom is 0.272 e. The van der Waals surface area contributed by atoms with Crippen LogP contribution in [0.1, 0.15) is 16.2 Å². The lowest BCUT2D eigenvalue weighted by Gasteiger charge is -2.16. The first-order valence-corrected chi connectivity index (χ1v) is 6.04. The predicted octanol–water partition coefficient (Wildman–Crippen LogP) is 1.48. The number of pyridine rings is 1. The molecule has 100 valence electrons. The van der Waals surface area contributed by atoms with Crippen LogP contribution in [0.2, 0.25) is 5.15 Å². The topological polar surface area (TPSA) is 82.1 Å². The van der Waals surface area contributed by atoms with E-state index in [0.29, 0.717) is 13.0 Å². The average molecular weight is 281 g/mol. The number of nitrogens with one attached hydrogen (secondary N) is 1. The SMILES string of the molecule is CN(CCc1cnc[nH]1)C(=O)c1ccc(O)c(Cl)n1. The van der Waals surface area contributed by atoms with Gasteiger partial charge in [0.2, 0.25) is 0 Å². The van der Waals surface area contributed by atoms with E-state index in [4.69, 9.17) is 11.6 Å². The molecule has 2 rings (SSSR count). The number of H-pyrrole nitrogens is 1. The van der Waals surface area contributed by atoms with Crippen molar-refractivity contribution in [3.63, 3.8) is 0 Å². The summed E-state index contributed by atoms with van der Waals surface area (Å²) in [5, 5.41) is 9.19. The highest BCUT2D eigenvalue weighted by atomic mass is 35.5. The summed E-state index contributed by atoms with van der Waals surface area (Å²) in [6, 6.07) is 2.79. The van der Waals surface area contributed by atoms with Crippen molar-refractivity contribution in [2.24, 2.45) is 0 Å². The van der Waals surface area contributed by atoms with Gasteiger partial charge in [-0.15, -0.1) is 0 Å². The number of hydrogen-bond acceptors (Lipinski definition) is 4. The fourth-order valence-corrected chi connectivity index (χ4v) is 1.71. The van der Waals surface area contributed by atoms with Gasteiger partial charge in [0.15, 0.2) is 10.9 Å². The van der Waals surface area contributed by atoms with Gasteiger partial charge in [-0.05, 0) is 12.1 Å². The molecule has 2 aromatic rings. The molecule has 6 nitrogen and oxygen atoms in total. The number of nitrogens with zero attached hydrogens (tertiary/aromatic N) is 3. The summed E-state index contributed by atoms with van der Waals surface area (Å²) in [5.74, 6) is -0.389. The molecule has 0 aliphatic heterocycles. The minimum atomic E-state index is -0.249. The van der Waals surface area contributed by atoms with E-state index in [9.17, 15) is 9.90 Å². The first-order chi connectivity index (χ1) is 9.08. The Morgan fingerprint density at radius 3 is 2.95 bits per heavy atom. The molecule has 0 aliphatic rings. The van der Waals surface area contributed by atoms with Gasteiger partial charge < -0.3 is 15.0 Å². The smallest absolute Gasteiger partial charge is 0.272 e. The lowest BCUT2D eigenvalue weighted by Crippen LogP contribution is -2.29. The number of halogens is 1. The molecule has 7 heteroatoms.